The van der Waals surface area contributed by atoms with Crippen molar-refractivity contribution in [2.24, 2.45) is 0 Å². The van der Waals surface area contributed by atoms with Gasteiger partial charge in [-0.2, -0.15) is 0 Å². The van der Waals surface area contributed by atoms with E-state index in [-0.39, 0.29) is 18.5 Å². The van der Waals surface area contributed by atoms with Gasteiger partial charge in [0.2, 0.25) is 5.91 Å². The highest BCUT2D eigenvalue weighted by molar-refractivity contribution is 5.92. The van der Waals surface area contributed by atoms with Crippen LogP contribution in [0.1, 0.15) is 35.6 Å². The summed E-state index contributed by atoms with van der Waals surface area (Å²) >= 11 is 0. The van der Waals surface area contributed by atoms with E-state index in [0.717, 1.165) is 28.3 Å². The van der Waals surface area contributed by atoms with Crippen molar-refractivity contribution in [2.75, 3.05) is 11.9 Å². The number of amides is 1. The zero-order chi connectivity index (χ0) is 15.4. The van der Waals surface area contributed by atoms with Crippen LogP contribution in [-0.2, 0) is 4.79 Å². The van der Waals surface area contributed by atoms with E-state index in [1.54, 1.807) is 0 Å². The lowest BCUT2D eigenvalue weighted by Crippen LogP contribution is -2.30. The molecular formula is C17H22N2O2. The lowest BCUT2D eigenvalue weighted by molar-refractivity contribution is -0.115. The molecule has 0 spiro atoms. The number of furan rings is 1. The van der Waals surface area contributed by atoms with E-state index < -0.39 is 0 Å². The summed E-state index contributed by atoms with van der Waals surface area (Å²) in [6.07, 6.45) is 0. The molecule has 1 unspecified atom stereocenters. The van der Waals surface area contributed by atoms with Crippen molar-refractivity contribution in [1.82, 2.24) is 5.32 Å². The number of carbonyl (C=O) groups excluding carboxylic acids is 1. The number of hydrogen-bond donors (Lipinski definition) is 2. The first-order valence-electron chi connectivity index (χ1n) is 7.13. The Morgan fingerprint density at radius 1 is 1.24 bits per heavy atom. The standard InChI is InChI=1S/C17H22N2O2/c1-11-7-5-6-8-16(11)19-17(20)10-18-13(3)15-9-12(2)21-14(15)4/h5-9,13,18H,10H2,1-4H3,(H,19,20). The third kappa shape index (κ3) is 3.95. The fourth-order valence-corrected chi connectivity index (χ4v) is 2.34. The van der Waals surface area contributed by atoms with Gasteiger partial charge in [0.05, 0.1) is 6.54 Å². The van der Waals surface area contributed by atoms with Crippen molar-refractivity contribution < 1.29 is 9.21 Å². The molecule has 0 radical (unpaired) electrons. The fraction of sp³-hybridized carbons (Fsp3) is 0.353. The summed E-state index contributed by atoms with van der Waals surface area (Å²) in [5.74, 6) is 1.74. The summed E-state index contributed by atoms with van der Waals surface area (Å²) in [7, 11) is 0. The molecule has 2 N–H and O–H groups in total. The molecule has 1 heterocycles. The number of carbonyl (C=O) groups is 1. The van der Waals surface area contributed by atoms with Gasteiger partial charge in [0.25, 0.3) is 0 Å². The number of aryl methyl sites for hydroxylation is 3. The van der Waals surface area contributed by atoms with E-state index >= 15 is 0 Å². The molecule has 2 rings (SSSR count). The molecule has 0 fully saturated rings. The first-order valence-corrected chi connectivity index (χ1v) is 7.13. The average Bonchev–Trinajstić information content (AvgIpc) is 2.78. The molecule has 0 saturated heterocycles. The van der Waals surface area contributed by atoms with Gasteiger partial charge in [-0.3, -0.25) is 4.79 Å². The van der Waals surface area contributed by atoms with Crippen LogP contribution in [0, 0.1) is 20.8 Å². The molecular weight excluding hydrogens is 264 g/mol. The largest absolute Gasteiger partial charge is 0.466 e. The van der Waals surface area contributed by atoms with Crippen molar-refractivity contribution >= 4 is 11.6 Å². The van der Waals surface area contributed by atoms with Crippen LogP contribution < -0.4 is 10.6 Å². The van der Waals surface area contributed by atoms with Crippen LogP contribution >= 0.6 is 0 Å². The first kappa shape index (κ1) is 15.3. The second kappa shape index (κ2) is 6.59. The molecule has 4 heteroatoms. The highest BCUT2D eigenvalue weighted by atomic mass is 16.3. The second-order valence-corrected chi connectivity index (χ2v) is 5.33. The molecule has 0 saturated carbocycles. The molecule has 1 aromatic carbocycles. The van der Waals surface area contributed by atoms with Crippen LogP contribution in [-0.4, -0.2) is 12.5 Å². The minimum absolute atomic E-state index is 0.0472. The summed E-state index contributed by atoms with van der Waals surface area (Å²) < 4.78 is 5.51. The predicted molar refractivity (Wildman–Crippen MR) is 84.4 cm³/mol. The number of nitrogens with one attached hydrogen (secondary N) is 2. The maximum atomic E-state index is 12.0. The highest BCUT2D eigenvalue weighted by Gasteiger charge is 2.13. The van der Waals surface area contributed by atoms with Crippen LogP contribution in [0.3, 0.4) is 0 Å². The van der Waals surface area contributed by atoms with Crippen LogP contribution in [0.2, 0.25) is 0 Å². The van der Waals surface area contributed by atoms with Crippen molar-refractivity contribution in [3.8, 4) is 0 Å². The van der Waals surface area contributed by atoms with Crippen LogP contribution in [0.15, 0.2) is 34.7 Å². The Labute approximate surface area is 125 Å². The summed E-state index contributed by atoms with van der Waals surface area (Å²) in [6.45, 7) is 8.13. The Balaban J connectivity index is 1.89. The van der Waals surface area contributed by atoms with Crippen molar-refractivity contribution in [3.05, 3.63) is 53.0 Å². The second-order valence-electron chi connectivity index (χ2n) is 5.33. The van der Waals surface area contributed by atoms with Gasteiger partial charge in [-0.15, -0.1) is 0 Å². The van der Waals surface area contributed by atoms with E-state index in [9.17, 15) is 4.79 Å². The maximum Gasteiger partial charge on any atom is 0.238 e. The maximum absolute atomic E-state index is 12.0. The highest BCUT2D eigenvalue weighted by Crippen LogP contribution is 2.21. The molecule has 112 valence electrons. The van der Waals surface area contributed by atoms with Gasteiger partial charge in [-0.1, -0.05) is 18.2 Å². The van der Waals surface area contributed by atoms with Gasteiger partial charge in [0, 0.05) is 17.3 Å². The van der Waals surface area contributed by atoms with Gasteiger partial charge < -0.3 is 15.1 Å². The zero-order valence-electron chi connectivity index (χ0n) is 13.0. The molecule has 0 aliphatic rings. The number of para-hydroxylation sites is 1. The van der Waals surface area contributed by atoms with Crippen molar-refractivity contribution in [3.63, 3.8) is 0 Å². The summed E-state index contributed by atoms with van der Waals surface area (Å²) in [4.78, 5) is 12.0. The summed E-state index contributed by atoms with van der Waals surface area (Å²) in [6, 6.07) is 9.83. The zero-order valence-corrected chi connectivity index (χ0v) is 13.0. The van der Waals surface area contributed by atoms with E-state index in [2.05, 4.69) is 10.6 Å². The third-order valence-electron chi connectivity index (χ3n) is 3.53. The number of rotatable bonds is 5. The first-order chi connectivity index (χ1) is 9.97. The fourth-order valence-electron chi connectivity index (χ4n) is 2.34. The molecule has 21 heavy (non-hydrogen) atoms. The Morgan fingerprint density at radius 2 is 1.95 bits per heavy atom. The van der Waals surface area contributed by atoms with Gasteiger partial charge in [-0.25, -0.2) is 0 Å². The molecule has 0 bridgehead atoms. The molecule has 0 aliphatic carbocycles. The van der Waals surface area contributed by atoms with Gasteiger partial charge >= 0.3 is 0 Å². The monoisotopic (exact) mass is 286 g/mol. The summed E-state index contributed by atoms with van der Waals surface area (Å²) in [5.41, 5.74) is 3.00. The summed E-state index contributed by atoms with van der Waals surface area (Å²) in [5, 5.41) is 6.13. The quantitative estimate of drug-likeness (QED) is 0.884. The van der Waals surface area contributed by atoms with Gasteiger partial charge in [0.15, 0.2) is 0 Å². The van der Waals surface area contributed by atoms with Crippen LogP contribution in [0.4, 0.5) is 5.69 Å². The minimum atomic E-state index is -0.0472. The van der Waals surface area contributed by atoms with Crippen LogP contribution in [0.5, 0.6) is 0 Å². The Hall–Kier alpha value is -2.07. The normalized spacial score (nSPS) is 12.2. The lowest BCUT2D eigenvalue weighted by atomic mass is 10.1. The molecule has 0 aliphatic heterocycles. The predicted octanol–water partition coefficient (Wildman–Crippen LogP) is 3.49. The third-order valence-corrected chi connectivity index (χ3v) is 3.53. The number of anilines is 1. The van der Waals surface area contributed by atoms with E-state index in [1.165, 1.54) is 0 Å². The molecule has 2 aromatic rings. The van der Waals surface area contributed by atoms with Gasteiger partial charge in [-0.05, 0) is 45.4 Å². The smallest absolute Gasteiger partial charge is 0.238 e. The average molecular weight is 286 g/mol. The van der Waals surface area contributed by atoms with Crippen molar-refractivity contribution in [2.45, 2.75) is 33.7 Å². The Bertz CT molecular complexity index is 631. The lowest BCUT2D eigenvalue weighted by Gasteiger charge is -2.13. The van der Waals surface area contributed by atoms with E-state index in [1.807, 2.05) is 58.0 Å². The SMILES string of the molecule is Cc1cc(C(C)NCC(=O)Nc2ccccc2C)c(C)o1. The minimum Gasteiger partial charge on any atom is -0.466 e. The van der Waals surface area contributed by atoms with E-state index in [0.29, 0.717) is 0 Å². The Kier molecular flexibility index (Phi) is 4.81. The number of benzene rings is 1. The molecule has 1 amide bonds. The van der Waals surface area contributed by atoms with E-state index in [4.69, 9.17) is 4.42 Å². The molecule has 1 aromatic heterocycles. The topological polar surface area (TPSA) is 54.3 Å². The number of hydrogen-bond acceptors (Lipinski definition) is 3. The van der Waals surface area contributed by atoms with Gasteiger partial charge in [0.1, 0.15) is 11.5 Å². The molecule has 4 nitrogen and oxygen atoms in total. The van der Waals surface area contributed by atoms with Crippen molar-refractivity contribution in [1.29, 1.82) is 0 Å². The van der Waals surface area contributed by atoms with Crippen LogP contribution in [0.25, 0.3) is 0 Å². The molecule has 1 atom stereocenters. The Morgan fingerprint density at radius 3 is 2.57 bits per heavy atom.